The number of nitrogens with one attached hydrogen (secondary N) is 2. The highest BCUT2D eigenvalue weighted by Crippen LogP contribution is 2.31. The van der Waals surface area contributed by atoms with Crippen molar-refractivity contribution in [3.8, 4) is 0 Å². The maximum absolute atomic E-state index is 12.1. The van der Waals surface area contributed by atoms with Crippen LogP contribution in [0.25, 0.3) is 0 Å². The van der Waals surface area contributed by atoms with E-state index < -0.39 is 11.5 Å². The van der Waals surface area contributed by atoms with Crippen molar-refractivity contribution in [2.24, 2.45) is 0 Å². The summed E-state index contributed by atoms with van der Waals surface area (Å²) in [7, 11) is 0. The van der Waals surface area contributed by atoms with E-state index in [0.717, 1.165) is 12.8 Å². The molecule has 2 amide bonds. The van der Waals surface area contributed by atoms with E-state index in [1.807, 2.05) is 0 Å². The number of amides is 2. The van der Waals surface area contributed by atoms with Gasteiger partial charge in [0, 0.05) is 12.6 Å². The molecule has 3 N–H and O–H groups in total. The van der Waals surface area contributed by atoms with Gasteiger partial charge < -0.3 is 15.7 Å². The zero-order valence-corrected chi connectivity index (χ0v) is 12.0. The summed E-state index contributed by atoms with van der Waals surface area (Å²) in [5.41, 5.74) is -0.368. The van der Waals surface area contributed by atoms with Gasteiger partial charge >= 0.3 is 0 Å². The first kappa shape index (κ1) is 14.8. The van der Waals surface area contributed by atoms with Crippen LogP contribution in [0.15, 0.2) is 18.2 Å². The van der Waals surface area contributed by atoms with Gasteiger partial charge in [0.15, 0.2) is 0 Å². The Bertz CT molecular complexity index is 539. The van der Waals surface area contributed by atoms with Crippen LogP contribution in [0.1, 0.15) is 32.6 Å². The predicted octanol–water partition coefficient (Wildman–Crippen LogP) is 2.54. The zero-order valence-electron chi connectivity index (χ0n) is 11.2. The molecule has 0 aliphatic heterocycles. The number of hydrogen-bond donors (Lipinski definition) is 3. The minimum atomic E-state index is -1.28. The van der Waals surface area contributed by atoms with E-state index in [2.05, 4.69) is 10.6 Å². The molecule has 0 bridgehead atoms. The van der Waals surface area contributed by atoms with Crippen LogP contribution in [0.2, 0.25) is 5.02 Å². The number of carbonyl (C=O) groups excluding carboxylic acids is 2. The molecule has 0 unspecified atom stereocenters. The molecule has 0 heterocycles. The fraction of sp³-hybridized carbons (Fsp3) is 0.429. The summed E-state index contributed by atoms with van der Waals surface area (Å²) in [5, 5.41) is 15.8. The van der Waals surface area contributed by atoms with Crippen molar-refractivity contribution in [2.45, 2.75) is 38.2 Å². The van der Waals surface area contributed by atoms with E-state index in [9.17, 15) is 14.7 Å². The molecule has 6 heteroatoms. The molecule has 1 aliphatic rings. The van der Waals surface area contributed by atoms with Gasteiger partial charge in [-0.25, -0.2) is 0 Å². The second kappa shape index (κ2) is 5.81. The van der Waals surface area contributed by atoms with E-state index in [1.54, 1.807) is 18.2 Å². The Hall–Kier alpha value is -1.59. The molecular formula is C14H17ClN2O3. The van der Waals surface area contributed by atoms with Crippen LogP contribution in [0.3, 0.4) is 0 Å². The van der Waals surface area contributed by atoms with E-state index in [0.29, 0.717) is 29.2 Å². The lowest BCUT2D eigenvalue weighted by molar-refractivity contribution is -0.133. The van der Waals surface area contributed by atoms with Crippen molar-refractivity contribution in [3.63, 3.8) is 0 Å². The molecule has 5 nitrogen and oxygen atoms in total. The Morgan fingerprint density at radius 3 is 2.50 bits per heavy atom. The second-order valence-electron chi connectivity index (χ2n) is 5.07. The van der Waals surface area contributed by atoms with Crippen LogP contribution < -0.4 is 10.6 Å². The summed E-state index contributed by atoms with van der Waals surface area (Å²) in [5.74, 6) is -0.657. The smallest absolute Gasteiger partial charge is 0.256 e. The van der Waals surface area contributed by atoms with Crippen molar-refractivity contribution >= 4 is 34.8 Å². The van der Waals surface area contributed by atoms with Gasteiger partial charge in [0.1, 0.15) is 5.60 Å². The molecule has 1 saturated carbocycles. The number of rotatable bonds is 3. The molecule has 0 atom stereocenters. The zero-order chi connectivity index (χ0) is 14.8. The molecule has 0 aromatic heterocycles. The highest BCUT2D eigenvalue weighted by molar-refractivity contribution is 6.33. The average Bonchev–Trinajstić information content (AvgIpc) is 2.81. The van der Waals surface area contributed by atoms with Crippen LogP contribution in [-0.4, -0.2) is 22.5 Å². The molecule has 0 radical (unpaired) electrons. The number of aliphatic hydroxyl groups is 1. The number of carbonyl (C=O) groups is 2. The number of benzene rings is 1. The first-order valence-electron chi connectivity index (χ1n) is 6.52. The third-order valence-electron chi connectivity index (χ3n) is 3.39. The minimum Gasteiger partial charge on any atom is -0.380 e. The van der Waals surface area contributed by atoms with Gasteiger partial charge in [-0.05, 0) is 43.9 Å². The van der Waals surface area contributed by atoms with Crippen molar-refractivity contribution in [1.82, 2.24) is 0 Å². The molecule has 1 aromatic rings. The Morgan fingerprint density at radius 2 is 1.90 bits per heavy atom. The summed E-state index contributed by atoms with van der Waals surface area (Å²) < 4.78 is 0. The molecule has 20 heavy (non-hydrogen) atoms. The van der Waals surface area contributed by atoms with Crippen LogP contribution in [0, 0.1) is 0 Å². The second-order valence-corrected chi connectivity index (χ2v) is 5.48. The van der Waals surface area contributed by atoms with Gasteiger partial charge in [0.25, 0.3) is 5.91 Å². The first-order valence-corrected chi connectivity index (χ1v) is 6.89. The molecule has 2 rings (SSSR count). The van der Waals surface area contributed by atoms with Crippen LogP contribution >= 0.6 is 11.6 Å². The molecule has 0 spiro atoms. The average molecular weight is 297 g/mol. The van der Waals surface area contributed by atoms with E-state index >= 15 is 0 Å². The molecule has 1 aromatic carbocycles. The van der Waals surface area contributed by atoms with E-state index in [4.69, 9.17) is 11.6 Å². The predicted molar refractivity (Wildman–Crippen MR) is 77.8 cm³/mol. The Labute approximate surface area is 122 Å². The molecule has 0 saturated heterocycles. The fourth-order valence-electron chi connectivity index (χ4n) is 2.32. The summed E-state index contributed by atoms with van der Waals surface area (Å²) in [6.07, 6.45) is 2.65. The Balaban J connectivity index is 2.13. The van der Waals surface area contributed by atoms with Gasteiger partial charge in [0.2, 0.25) is 5.91 Å². The lowest BCUT2D eigenvalue weighted by Crippen LogP contribution is -2.40. The lowest BCUT2D eigenvalue weighted by atomic mass is 10.0. The van der Waals surface area contributed by atoms with Gasteiger partial charge in [-0.1, -0.05) is 11.6 Å². The summed E-state index contributed by atoms with van der Waals surface area (Å²) in [4.78, 5) is 23.1. The molecule has 1 aliphatic carbocycles. The third kappa shape index (κ3) is 3.29. The van der Waals surface area contributed by atoms with Crippen molar-refractivity contribution < 1.29 is 14.7 Å². The number of halogens is 1. The minimum absolute atomic E-state index is 0.246. The molecular weight excluding hydrogens is 280 g/mol. The van der Waals surface area contributed by atoms with Gasteiger partial charge in [-0.15, -0.1) is 0 Å². The van der Waals surface area contributed by atoms with Crippen molar-refractivity contribution in [1.29, 1.82) is 0 Å². The lowest BCUT2D eigenvalue weighted by Gasteiger charge is -2.21. The van der Waals surface area contributed by atoms with Crippen LogP contribution in [0.4, 0.5) is 11.4 Å². The van der Waals surface area contributed by atoms with Crippen molar-refractivity contribution in [3.05, 3.63) is 23.2 Å². The normalized spacial score (nSPS) is 16.8. The monoisotopic (exact) mass is 296 g/mol. The molecule has 1 fully saturated rings. The largest absolute Gasteiger partial charge is 0.380 e. The third-order valence-corrected chi connectivity index (χ3v) is 3.72. The van der Waals surface area contributed by atoms with Crippen molar-refractivity contribution in [2.75, 3.05) is 10.6 Å². The number of hydrogen-bond acceptors (Lipinski definition) is 3. The summed E-state index contributed by atoms with van der Waals surface area (Å²) in [6.45, 7) is 1.38. The standard InChI is InChI=1S/C14H17ClN2O3/c1-9(18)16-12-8-10(4-5-11(12)15)17-13(19)14(20)6-2-3-7-14/h4-5,8,20H,2-3,6-7H2,1H3,(H,16,18)(H,17,19). The Kier molecular flexibility index (Phi) is 4.30. The van der Waals surface area contributed by atoms with Gasteiger partial charge in [0.05, 0.1) is 10.7 Å². The van der Waals surface area contributed by atoms with Gasteiger partial charge in [-0.2, -0.15) is 0 Å². The van der Waals surface area contributed by atoms with Crippen LogP contribution in [-0.2, 0) is 9.59 Å². The highest BCUT2D eigenvalue weighted by atomic mass is 35.5. The first-order chi connectivity index (χ1) is 9.40. The number of anilines is 2. The fourth-order valence-corrected chi connectivity index (χ4v) is 2.49. The maximum atomic E-state index is 12.1. The maximum Gasteiger partial charge on any atom is 0.256 e. The molecule has 108 valence electrons. The van der Waals surface area contributed by atoms with E-state index in [1.165, 1.54) is 6.92 Å². The SMILES string of the molecule is CC(=O)Nc1cc(NC(=O)C2(O)CCCC2)ccc1Cl. The quantitative estimate of drug-likeness (QED) is 0.802. The van der Waals surface area contributed by atoms with Crippen LogP contribution in [0.5, 0.6) is 0 Å². The topological polar surface area (TPSA) is 78.4 Å². The Morgan fingerprint density at radius 1 is 1.25 bits per heavy atom. The highest BCUT2D eigenvalue weighted by Gasteiger charge is 2.38. The summed E-state index contributed by atoms with van der Waals surface area (Å²) >= 11 is 5.95. The van der Waals surface area contributed by atoms with E-state index in [-0.39, 0.29) is 5.91 Å². The summed E-state index contributed by atoms with van der Waals surface area (Å²) in [6, 6.07) is 4.78. The van der Waals surface area contributed by atoms with Gasteiger partial charge in [-0.3, -0.25) is 9.59 Å².